The third-order valence-corrected chi connectivity index (χ3v) is 5.23. The number of nitrogens with one attached hydrogen (secondary N) is 1. The number of nitrogens with zero attached hydrogens (tertiary/aromatic N) is 2. The summed E-state index contributed by atoms with van der Waals surface area (Å²) in [6, 6.07) is 15.1. The Morgan fingerprint density at radius 3 is 2.58 bits per heavy atom. The van der Waals surface area contributed by atoms with Gasteiger partial charge in [0.2, 0.25) is 11.8 Å². The van der Waals surface area contributed by atoms with Crippen molar-refractivity contribution in [2.24, 2.45) is 5.73 Å². The maximum Gasteiger partial charge on any atom is 0.244 e. The van der Waals surface area contributed by atoms with Crippen molar-refractivity contribution in [3.8, 4) is 34.7 Å². The second-order valence-electron chi connectivity index (χ2n) is 6.82. The quantitative estimate of drug-likeness (QED) is 0.577. The van der Waals surface area contributed by atoms with Gasteiger partial charge >= 0.3 is 0 Å². The molecule has 0 aliphatic carbocycles. The van der Waals surface area contributed by atoms with Crippen molar-refractivity contribution in [1.82, 2.24) is 10.2 Å². The van der Waals surface area contributed by atoms with E-state index in [9.17, 15) is 5.26 Å². The number of aromatic nitrogens is 2. The molecular weight excluding hydrogens is 416 g/mol. The highest BCUT2D eigenvalue weighted by atomic mass is 35.5. The lowest BCUT2D eigenvalue weighted by Gasteiger charge is -2.24. The zero-order valence-corrected chi connectivity index (χ0v) is 17.9. The van der Waals surface area contributed by atoms with Gasteiger partial charge in [0.05, 0.1) is 30.4 Å². The number of nitriles is 1. The predicted octanol–water partition coefficient (Wildman–Crippen LogP) is 4.75. The molecule has 0 saturated heterocycles. The fourth-order valence-corrected chi connectivity index (χ4v) is 3.81. The van der Waals surface area contributed by atoms with Crippen molar-refractivity contribution in [3.05, 3.63) is 70.1 Å². The first kappa shape index (κ1) is 20.6. The molecule has 0 spiro atoms. The van der Waals surface area contributed by atoms with Gasteiger partial charge in [-0.15, -0.1) is 5.10 Å². The summed E-state index contributed by atoms with van der Waals surface area (Å²) in [5.74, 6) is 1.22. The van der Waals surface area contributed by atoms with Gasteiger partial charge in [-0.25, -0.2) is 0 Å². The van der Waals surface area contributed by atoms with Crippen LogP contribution in [0.4, 0.5) is 0 Å². The molecule has 1 atom stereocenters. The summed E-state index contributed by atoms with van der Waals surface area (Å²) in [5, 5.41) is 17.8. The molecule has 0 radical (unpaired) electrons. The number of allylic oxidation sites excluding steroid dienone is 1. The lowest BCUT2D eigenvalue weighted by molar-refractivity contribution is 0.324. The molecule has 3 N–H and O–H groups in total. The zero-order valence-electron chi connectivity index (χ0n) is 17.1. The molecule has 8 heteroatoms. The highest BCUT2D eigenvalue weighted by Crippen LogP contribution is 2.47. The highest BCUT2D eigenvalue weighted by Gasteiger charge is 2.36. The minimum absolute atomic E-state index is 0.0322. The molecule has 1 aliphatic rings. The summed E-state index contributed by atoms with van der Waals surface area (Å²) >= 11 is 6.08. The molecule has 0 bridgehead atoms. The molecule has 7 nitrogen and oxygen atoms in total. The molecule has 2 heterocycles. The lowest BCUT2D eigenvalue weighted by atomic mass is 9.83. The Balaban J connectivity index is 1.91. The van der Waals surface area contributed by atoms with E-state index < -0.39 is 5.92 Å². The topological polar surface area (TPSA) is 106 Å². The van der Waals surface area contributed by atoms with Crippen molar-refractivity contribution < 1.29 is 14.2 Å². The number of ether oxygens (including phenoxy) is 3. The van der Waals surface area contributed by atoms with Crippen LogP contribution in [-0.4, -0.2) is 23.4 Å². The first-order chi connectivity index (χ1) is 15.1. The SMILES string of the molecule is CCOc1ccc(-c2[nH]nc3c2[C@@H](c2ccc(Cl)cc2)C(C#N)=C(N)O3)c(OCC)c1. The summed E-state index contributed by atoms with van der Waals surface area (Å²) in [6.07, 6.45) is 0. The smallest absolute Gasteiger partial charge is 0.244 e. The van der Waals surface area contributed by atoms with Gasteiger partial charge in [-0.3, -0.25) is 5.10 Å². The summed E-state index contributed by atoms with van der Waals surface area (Å²) < 4.78 is 17.2. The number of aromatic amines is 1. The van der Waals surface area contributed by atoms with Gasteiger partial charge < -0.3 is 19.9 Å². The molecule has 158 valence electrons. The van der Waals surface area contributed by atoms with Crippen LogP contribution < -0.4 is 19.9 Å². The summed E-state index contributed by atoms with van der Waals surface area (Å²) in [6.45, 7) is 4.86. The Hall–Kier alpha value is -3.63. The van der Waals surface area contributed by atoms with Crippen LogP contribution in [0, 0.1) is 11.3 Å². The summed E-state index contributed by atoms with van der Waals surface area (Å²) in [4.78, 5) is 0. The van der Waals surface area contributed by atoms with E-state index in [0.717, 1.165) is 11.1 Å². The Labute approximate surface area is 185 Å². The molecular formula is C23H21ClN4O3. The number of benzene rings is 2. The van der Waals surface area contributed by atoms with E-state index >= 15 is 0 Å². The molecule has 31 heavy (non-hydrogen) atoms. The van der Waals surface area contributed by atoms with Gasteiger partial charge in [0.25, 0.3) is 0 Å². The maximum atomic E-state index is 9.84. The average Bonchev–Trinajstić information content (AvgIpc) is 3.17. The van der Waals surface area contributed by atoms with E-state index in [1.165, 1.54) is 0 Å². The fourth-order valence-electron chi connectivity index (χ4n) is 3.68. The van der Waals surface area contributed by atoms with Gasteiger partial charge in [0.15, 0.2) is 0 Å². The largest absolute Gasteiger partial charge is 0.494 e. The van der Waals surface area contributed by atoms with E-state index in [2.05, 4.69) is 16.3 Å². The fraction of sp³-hybridized carbons (Fsp3) is 0.217. The molecule has 1 aliphatic heterocycles. The Bertz CT molecular complexity index is 1180. The van der Waals surface area contributed by atoms with Crippen molar-refractivity contribution >= 4 is 11.6 Å². The summed E-state index contributed by atoms with van der Waals surface area (Å²) in [5.41, 5.74) is 9.37. The van der Waals surface area contributed by atoms with E-state index in [0.29, 0.717) is 52.4 Å². The van der Waals surface area contributed by atoms with Crippen LogP contribution in [0.3, 0.4) is 0 Å². The van der Waals surface area contributed by atoms with Gasteiger partial charge in [0.1, 0.15) is 23.1 Å². The number of H-pyrrole nitrogens is 1. The van der Waals surface area contributed by atoms with Gasteiger partial charge in [-0.1, -0.05) is 23.7 Å². The number of halogens is 1. The average molecular weight is 437 g/mol. The molecule has 0 fully saturated rings. The number of hydrogen-bond acceptors (Lipinski definition) is 6. The van der Waals surface area contributed by atoms with Crippen LogP contribution in [0.2, 0.25) is 5.02 Å². The second-order valence-corrected chi connectivity index (χ2v) is 7.25. The lowest BCUT2D eigenvalue weighted by Crippen LogP contribution is -2.21. The minimum Gasteiger partial charge on any atom is -0.494 e. The molecule has 4 rings (SSSR count). The molecule has 0 amide bonds. The third-order valence-electron chi connectivity index (χ3n) is 4.98. The second kappa shape index (κ2) is 8.62. The number of nitrogens with two attached hydrogens (primary N) is 1. The van der Waals surface area contributed by atoms with Gasteiger partial charge in [-0.05, 0) is 43.7 Å². The predicted molar refractivity (Wildman–Crippen MR) is 117 cm³/mol. The van der Waals surface area contributed by atoms with E-state index in [1.807, 2.05) is 44.2 Å². The van der Waals surface area contributed by atoms with E-state index in [1.54, 1.807) is 12.1 Å². The van der Waals surface area contributed by atoms with Crippen molar-refractivity contribution in [2.45, 2.75) is 19.8 Å². The first-order valence-corrected chi connectivity index (χ1v) is 10.3. The molecule has 0 unspecified atom stereocenters. The maximum absolute atomic E-state index is 9.84. The van der Waals surface area contributed by atoms with Crippen LogP contribution >= 0.6 is 11.6 Å². The van der Waals surface area contributed by atoms with Crippen LogP contribution in [0.25, 0.3) is 11.3 Å². The van der Waals surface area contributed by atoms with E-state index in [-0.39, 0.29) is 5.88 Å². The van der Waals surface area contributed by atoms with Gasteiger partial charge in [-0.2, -0.15) is 5.26 Å². The standard InChI is InChI=1S/C23H21ClN4O3/c1-3-29-15-9-10-16(18(11-15)30-4-2)21-20-19(13-5-7-14(24)8-6-13)17(12-25)22(26)31-23(20)28-27-21/h5-11,19H,3-4,26H2,1-2H3,(H,27,28)/t19-/m0/s1. The number of rotatable bonds is 6. The Kier molecular flexibility index (Phi) is 5.74. The molecule has 2 aromatic carbocycles. The Morgan fingerprint density at radius 1 is 1.16 bits per heavy atom. The van der Waals surface area contributed by atoms with Crippen LogP contribution in [0.1, 0.15) is 30.9 Å². The minimum atomic E-state index is -0.471. The van der Waals surface area contributed by atoms with Crippen LogP contribution in [0.5, 0.6) is 17.4 Å². The summed E-state index contributed by atoms with van der Waals surface area (Å²) in [7, 11) is 0. The zero-order chi connectivity index (χ0) is 22.0. The number of fused-ring (bicyclic) bond motifs is 1. The number of hydrogen-bond donors (Lipinski definition) is 2. The highest BCUT2D eigenvalue weighted by molar-refractivity contribution is 6.30. The molecule has 0 saturated carbocycles. The molecule has 1 aromatic heterocycles. The monoisotopic (exact) mass is 436 g/mol. The normalized spacial score (nSPS) is 15.1. The third kappa shape index (κ3) is 3.78. The first-order valence-electron chi connectivity index (χ1n) is 9.88. The molecule has 3 aromatic rings. The van der Waals surface area contributed by atoms with Crippen LogP contribution in [0.15, 0.2) is 53.9 Å². The van der Waals surface area contributed by atoms with E-state index in [4.69, 9.17) is 31.5 Å². The van der Waals surface area contributed by atoms with Crippen molar-refractivity contribution in [2.75, 3.05) is 13.2 Å². The van der Waals surface area contributed by atoms with Crippen molar-refractivity contribution in [1.29, 1.82) is 5.26 Å². The van der Waals surface area contributed by atoms with Crippen molar-refractivity contribution in [3.63, 3.8) is 0 Å². The van der Waals surface area contributed by atoms with Gasteiger partial charge in [0, 0.05) is 16.7 Å². The van der Waals surface area contributed by atoms with Crippen LogP contribution in [-0.2, 0) is 0 Å². The Morgan fingerprint density at radius 2 is 1.90 bits per heavy atom.